The highest BCUT2D eigenvalue weighted by atomic mass is 16.5. The van der Waals surface area contributed by atoms with Gasteiger partial charge in [0.05, 0.1) is 7.11 Å². The first kappa shape index (κ1) is 16.8. The fourth-order valence-corrected chi connectivity index (χ4v) is 4.48. The van der Waals surface area contributed by atoms with Gasteiger partial charge in [0.2, 0.25) is 0 Å². The van der Waals surface area contributed by atoms with Crippen molar-refractivity contribution in [3.05, 3.63) is 107 Å². The molecule has 1 heteroatoms. The maximum Gasteiger partial charge on any atom is 0.127 e. The van der Waals surface area contributed by atoms with E-state index in [-0.39, 0.29) is 0 Å². The van der Waals surface area contributed by atoms with Gasteiger partial charge in [-0.3, -0.25) is 0 Å². The first-order valence-corrected chi connectivity index (χ1v) is 9.70. The topological polar surface area (TPSA) is 9.23 Å². The molecule has 0 fully saturated rings. The first-order valence-electron chi connectivity index (χ1n) is 9.70. The molecule has 1 nitrogen and oxygen atoms in total. The zero-order chi connectivity index (χ0) is 19.1. The highest BCUT2D eigenvalue weighted by Crippen LogP contribution is 2.43. The summed E-state index contributed by atoms with van der Waals surface area (Å²) >= 11 is 0. The predicted molar refractivity (Wildman–Crippen MR) is 118 cm³/mol. The maximum absolute atomic E-state index is 5.77. The van der Waals surface area contributed by atoms with E-state index in [9.17, 15) is 0 Å². The summed E-state index contributed by atoms with van der Waals surface area (Å²) in [5, 5.41) is 2.46. The van der Waals surface area contributed by atoms with Crippen LogP contribution < -0.4 is 4.74 Å². The molecule has 28 heavy (non-hydrogen) atoms. The predicted octanol–water partition coefficient (Wildman–Crippen LogP) is 6.98. The van der Waals surface area contributed by atoms with Crippen LogP contribution in [0, 0.1) is 6.92 Å². The first-order chi connectivity index (χ1) is 13.8. The molecule has 0 N–H and O–H groups in total. The van der Waals surface area contributed by atoms with Gasteiger partial charge in [-0.25, -0.2) is 0 Å². The Balaban J connectivity index is 1.74. The summed E-state index contributed by atoms with van der Waals surface area (Å²) in [6.07, 6.45) is 4.56. The maximum atomic E-state index is 5.77. The fourth-order valence-electron chi connectivity index (χ4n) is 4.48. The number of methoxy groups -OCH3 is 1. The van der Waals surface area contributed by atoms with Crippen LogP contribution in [0.2, 0.25) is 0 Å². The van der Waals surface area contributed by atoms with Crippen molar-refractivity contribution in [2.45, 2.75) is 12.8 Å². The van der Waals surface area contributed by atoms with Gasteiger partial charge in [-0.2, -0.15) is 0 Å². The van der Waals surface area contributed by atoms with Crippen LogP contribution in [0.1, 0.15) is 28.2 Å². The van der Waals surface area contributed by atoms with Crippen LogP contribution in [0.5, 0.6) is 5.75 Å². The summed E-state index contributed by atoms with van der Waals surface area (Å²) in [6.45, 7) is 2.24. The minimum atomic E-state index is 0.303. The van der Waals surface area contributed by atoms with Crippen molar-refractivity contribution in [3.8, 4) is 16.9 Å². The Labute approximate surface area is 165 Å². The number of benzene rings is 4. The van der Waals surface area contributed by atoms with Crippen molar-refractivity contribution in [1.29, 1.82) is 0 Å². The highest BCUT2D eigenvalue weighted by molar-refractivity contribution is 6.00. The van der Waals surface area contributed by atoms with Crippen LogP contribution in [0.4, 0.5) is 0 Å². The summed E-state index contributed by atoms with van der Waals surface area (Å²) in [4.78, 5) is 0. The van der Waals surface area contributed by atoms with Crippen molar-refractivity contribution in [3.63, 3.8) is 0 Å². The summed E-state index contributed by atoms with van der Waals surface area (Å²) in [6, 6.07) is 28.1. The molecule has 0 spiro atoms. The van der Waals surface area contributed by atoms with E-state index < -0.39 is 0 Å². The van der Waals surface area contributed by atoms with E-state index in [2.05, 4.69) is 97.9 Å². The number of fused-ring (bicyclic) bond motifs is 2. The van der Waals surface area contributed by atoms with Gasteiger partial charge in [0.25, 0.3) is 0 Å². The number of hydrogen-bond donors (Lipinski definition) is 0. The molecule has 0 heterocycles. The number of hydrogen-bond acceptors (Lipinski definition) is 1. The number of ether oxygens (including phenoxy) is 1. The molecule has 4 aromatic rings. The molecule has 0 aliphatic heterocycles. The van der Waals surface area contributed by atoms with Crippen LogP contribution in [0.15, 0.2) is 84.9 Å². The van der Waals surface area contributed by atoms with Crippen LogP contribution >= 0.6 is 0 Å². The Bertz CT molecular complexity index is 1220. The van der Waals surface area contributed by atoms with Crippen molar-refractivity contribution in [2.75, 3.05) is 7.11 Å². The molecular weight excluding hydrogens is 340 g/mol. The van der Waals surface area contributed by atoms with Crippen LogP contribution in [-0.2, 0) is 0 Å². The van der Waals surface area contributed by atoms with E-state index in [4.69, 9.17) is 4.74 Å². The second-order valence-electron chi connectivity index (χ2n) is 7.35. The average Bonchev–Trinajstić information content (AvgIpc) is 3.17. The standard InChI is InChI=1S/C27H22O/c1-18-21(25-16-14-19-8-3-5-10-23(19)25)12-7-13-22(18)27-24-11-6-4-9-20(24)15-17-26(27)28-2/h3-17,25H,1-2H3. The van der Waals surface area contributed by atoms with Crippen molar-refractivity contribution < 1.29 is 4.74 Å². The molecule has 1 aliphatic carbocycles. The summed E-state index contributed by atoms with van der Waals surface area (Å²) in [7, 11) is 1.75. The third-order valence-corrected chi connectivity index (χ3v) is 5.89. The number of allylic oxidation sites excluding steroid dienone is 1. The molecule has 136 valence electrons. The molecule has 0 bridgehead atoms. The third kappa shape index (κ3) is 2.55. The van der Waals surface area contributed by atoms with E-state index in [0.717, 1.165) is 5.75 Å². The Hall–Kier alpha value is -3.32. The number of rotatable bonds is 3. The van der Waals surface area contributed by atoms with Gasteiger partial charge in [-0.05, 0) is 51.6 Å². The van der Waals surface area contributed by atoms with Gasteiger partial charge in [-0.1, -0.05) is 84.9 Å². The third-order valence-electron chi connectivity index (χ3n) is 5.89. The minimum Gasteiger partial charge on any atom is -0.496 e. The van der Waals surface area contributed by atoms with Crippen molar-refractivity contribution in [1.82, 2.24) is 0 Å². The van der Waals surface area contributed by atoms with Crippen LogP contribution in [-0.4, -0.2) is 7.11 Å². The molecule has 0 radical (unpaired) electrons. The smallest absolute Gasteiger partial charge is 0.127 e. The molecule has 1 unspecified atom stereocenters. The second-order valence-corrected chi connectivity index (χ2v) is 7.35. The van der Waals surface area contributed by atoms with Crippen LogP contribution in [0.25, 0.3) is 28.0 Å². The average molecular weight is 362 g/mol. The molecule has 0 saturated heterocycles. The molecule has 0 aromatic heterocycles. The zero-order valence-electron chi connectivity index (χ0n) is 16.1. The van der Waals surface area contributed by atoms with Gasteiger partial charge in [0.1, 0.15) is 5.75 Å². The van der Waals surface area contributed by atoms with Crippen molar-refractivity contribution in [2.24, 2.45) is 0 Å². The summed E-state index contributed by atoms with van der Waals surface area (Å²) in [5.41, 5.74) is 7.78. The lowest BCUT2D eigenvalue weighted by Crippen LogP contribution is -2.01. The van der Waals surface area contributed by atoms with Gasteiger partial charge < -0.3 is 4.74 Å². The van der Waals surface area contributed by atoms with E-state index in [1.807, 2.05) is 0 Å². The largest absolute Gasteiger partial charge is 0.496 e. The lowest BCUT2D eigenvalue weighted by atomic mass is 9.85. The van der Waals surface area contributed by atoms with Gasteiger partial charge >= 0.3 is 0 Å². The SMILES string of the molecule is COc1ccc2ccccc2c1-c1cccc(C2C=Cc3ccccc32)c1C. The minimum absolute atomic E-state index is 0.303. The lowest BCUT2D eigenvalue weighted by molar-refractivity contribution is 0.417. The molecular formula is C27H22O. The fraction of sp³-hybridized carbons (Fsp3) is 0.111. The van der Waals surface area contributed by atoms with Gasteiger partial charge in [0.15, 0.2) is 0 Å². The Morgan fingerprint density at radius 1 is 0.750 bits per heavy atom. The molecule has 4 aromatic carbocycles. The highest BCUT2D eigenvalue weighted by Gasteiger charge is 2.22. The molecule has 0 saturated carbocycles. The molecule has 1 atom stereocenters. The quantitative estimate of drug-likeness (QED) is 0.382. The molecule has 1 aliphatic rings. The van der Waals surface area contributed by atoms with Crippen molar-refractivity contribution >= 4 is 16.8 Å². The second kappa shape index (κ2) is 6.69. The van der Waals surface area contributed by atoms with E-state index in [0.29, 0.717) is 5.92 Å². The van der Waals surface area contributed by atoms with Gasteiger partial charge in [-0.15, -0.1) is 0 Å². The molecule has 0 amide bonds. The monoisotopic (exact) mass is 362 g/mol. The summed E-state index contributed by atoms with van der Waals surface area (Å²) < 4.78 is 5.77. The Morgan fingerprint density at radius 2 is 1.54 bits per heavy atom. The molecule has 5 rings (SSSR count). The Kier molecular flexibility index (Phi) is 4.02. The zero-order valence-corrected chi connectivity index (χ0v) is 16.1. The van der Waals surface area contributed by atoms with Crippen LogP contribution in [0.3, 0.4) is 0 Å². The van der Waals surface area contributed by atoms with E-state index in [1.54, 1.807) is 7.11 Å². The summed E-state index contributed by atoms with van der Waals surface area (Å²) in [5.74, 6) is 1.22. The van der Waals surface area contributed by atoms with E-state index in [1.165, 1.54) is 44.2 Å². The normalized spacial score (nSPS) is 15.0. The van der Waals surface area contributed by atoms with E-state index >= 15 is 0 Å². The van der Waals surface area contributed by atoms with Gasteiger partial charge in [0, 0.05) is 11.5 Å². The Morgan fingerprint density at radius 3 is 2.43 bits per heavy atom. The lowest BCUT2D eigenvalue weighted by Gasteiger charge is -2.20.